The lowest BCUT2D eigenvalue weighted by Gasteiger charge is -2.29. The number of nitrogens with zero attached hydrogens (tertiary/aromatic N) is 2. The van der Waals surface area contributed by atoms with E-state index in [1.807, 2.05) is 35.6 Å². The van der Waals surface area contributed by atoms with Crippen molar-refractivity contribution in [2.75, 3.05) is 6.54 Å². The molecule has 5 nitrogen and oxygen atoms in total. The van der Waals surface area contributed by atoms with E-state index in [9.17, 15) is 22.8 Å². The molecule has 0 radical (unpaired) electrons. The van der Waals surface area contributed by atoms with Crippen LogP contribution in [0.25, 0.3) is 0 Å². The Balaban J connectivity index is 2.04. The summed E-state index contributed by atoms with van der Waals surface area (Å²) < 4.78 is 42.4. The zero-order chi connectivity index (χ0) is 21.9. The Labute approximate surface area is 172 Å². The molecule has 1 heterocycles. The molecule has 0 fully saturated rings. The van der Waals surface area contributed by atoms with Gasteiger partial charge in [-0.05, 0) is 12.0 Å². The second kappa shape index (κ2) is 8.30. The van der Waals surface area contributed by atoms with Crippen molar-refractivity contribution in [3.8, 4) is 0 Å². The Bertz CT molecular complexity index is 943. The molecule has 0 spiro atoms. The number of amidine groups is 1. The highest BCUT2D eigenvalue weighted by Crippen LogP contribution is 2.38. The molecule has 1 aliphatic rings. The van der Waals surface area contributed by atoms with Crippen molar-refractivity contribution >= 4 is 17.6 Å². The first-order valence-corrected chi connectivity index (χ1v) is 9.55. The molecular formula is C22H22F3N3O2. The third-order valence-electron chi connectivity index (χ3n) is 4.82. The summed E-state index contributed by atoms with van der Waals surface area (Å²) in [4.78, 5) is 30.1. The van der Waals surface area contributed by atoms with Gasteiger partial charge in [0.2, 0.25) is 5.91 Å². The lowest BCUT2D eigenvalue weighted by molar-refractivity contribution is -0.200. The van der Waals surface area contributed by atoms with Crippen LogP contribution in [0.2, 0.25) is 0 Å². The topological polar surface area (TPSA) is 61.8 Å². The van der Waals surface area contributed by atoms with E-state index >= 15 is 0 Å². The van der Waals surface area contributed by atoms with Gasteiger partial charge in [-0.15, -0.1) is 0 Å². The van der Waals surface area contributed by atoms with Gasteiger partial charge >= 0.3 is 11.8 Å². The van der Waals surface area contributed by atoms with Crippen molar-refractivity contribution in [1.82, 2.24) is 10.2 Å². The molecule has 0 aromatic heterocycles. The highest BCUT2D eigenvalue weighted by atomic mass is 19.4. The molecule has 3 rings (SSSR count). The molecular weight excluding hydrogens is 395 g/mol. The number of halogens is 3. The molecule has 1 atom stereocenters. The molecule has 2 amide bonds. The van der Waals surface area contributed by atoms with Gasteiger partial charge in [0.05, 0.1) is 0 Å². The molecule has 0 saturated heterocycles. The second-order valence-electron chi connectivity index (χ2n) is 7.35. The first-order chi connectivity index (χ1) is 14.2. The molecule has 0 saturated carbocycles. The van der Waals surface area contributed by atoms with Crippen LogP contribution in [0.1, 0.15) is 25.0 Å². The Kier molecular flexibility index (Phi) is 5.96. The Morgan fingerprint density at radius 1 is 1.07 bits per heavy atom. The molecule has 30 heavy (non-hydrogen) atoms. The van der Waals surface area contributed by atoms with Gasteiger partial charge < -0.3 is 5.32 Å². The summed E-state index contributed by atoms with van der Waals surface area (Å²) in [7, 11) is 0. The van der Waals surface area contributed by atoms with Crippen molar-refractivity contribution in [2.24, 2.45) is 10.9 Å². The highest BCUT2D eigenvalue weighted by Gasteiger charge is 2.67. The monoisotopic (exact) mass is 417 g/mol. The SMILES string of the molecule is CC(C)C(=O)N[C@]1(C(F)(F)F)N=C(c2ccccc2)N(CCc2ccccc2)C1=O. The zero-order valence-corrected chi connectivity index (χ0v) is 16.6. The number of carbonyl (C=O) groups is 2. The highest BCUT2D eigenvalue weighted by molar-refractivity contribution is 6.16. The minimum absolute atomic E-state index is 0.00798. The van der Waals surface area contributed by atoms with E-state index in [1.54, 1.807) is 30.3 Å². The molecule has 1 N–H and O–H groups in total. The molecule has 8 heteroatoms. The van der Waals surface area contributed by atoms with Crippen LogP contribution < -0.4 is 5.32 Å². The van der Waals surface area contributed by atoms with Crippen molar-refractivity contribution in [3.05, 3.63) is 71.8 Å². The van der Waals surface area contributed by atoms with Crippen molar-refractivity contribution in [1.29, 1.82) is 0 Å². The molecule has 2 aromatic carbocycles. The van der Waals surface area contributed by atoms with Gasteiger partial charge in [0.25, 0.3) is 5.91 Å². The van der Waals surface area contributed by atoms with Crippen LogP contribution >= 0.6 is 0 Å². The fraction of sp³-hybridized carbons (Fsp3) is 0.318. The standard InChI is InChI=1S/C22H22F3N3O2/c1-15(2)19(29)27-21(22(23,24)25)20(30)28(14-13-16-9-5-3-6-10-16)18(26-21)17-11-7-4-8-12-17/h3-12,15H,13-14H2,1-2H3,(H,27,29)/t21-/m1/s1. The van der Waals surface area contributed by atoms with Crippen LogP contribution in [-0.2, 0) is 16.0 Å². The van der Waals surface area contributed by atoms with Gasteiger partial charge in [-0.1, -0.05) is 74.5 Å². The second-order valence-corrected chi connectivity index (χ2v) is 7.35. The quantitative estimate of drug-likeness (QED) is 0.782. The molecule has 2 aromatic rings. The number of nitrogens with one attached hydrogen (secondary N) is 1. The summed E-state index contributed by atoms with van der Waals surface area (Å²) in [5, 5.41) is 1.87. The van der Waals surface area contributed by atoms with Gasteiger partial charge in [0.1, 0.15) is 5.84 Å². The fourth-order valence-electron chi connectivity index (χ4n) is 3.12. The first kappa shape index (κ1) is 21.5. The molecule has 1 aliphatic heterocycles. The van der Waals surface area contributed by atoms with Crippen molar-refractivity contribution in [3.63, 3.8) is 0 Å². The predicted octanol–water partition coefficient (Wildman–Crippen LogP) is 3.55. The van der Waals surface area contributed by atoms with E-state index in [1.165, 1.54) is 13.8 Å². The number of hydrogen-bond acceptors (Lipinski definition) is 3. The van der Waals surface area contributed by atoms with Crippen LogP contribution in [0.5, 0.6) is 0 Å². The van der Waals surface area contributed by atoms with Crippen LogP contribution in [-0.4, -0.2) is 40.9 Å². The van der Waals surface area contributed by atoms with Gasteiger partial charge in [0, 0.05) is 18.0 Å². The van der Waals surface area contributed by atoms with E-state index in [2.05, 4.69) is 4.99 Å². The van der Waals surface area contributed by atoms with Crippen molar-refractivity contribution in [2.45, 2.75) is 32.1 Å². The van der Waals surface area contributed by atoms with E-state index < -0.39 is 29.6 Å². The molecule has 0 unspecified atom stereocenters. The lowest BCUT2D eigenvalue weighted by Crippen LogP contribution is -2.64. The van der Waals surface area contributed by atoms with E-state index in [0.717, 1.165) is 10.5 Å². The average molecular weight is 417 g/mol. The Morgan fingerprint density at radius 2 is 1.63 bits per heavy atom. The summed E-state index contributed by atoms with van der Waals surface area (Å²) in [6.45, 7) is 2.90. The van der Waals surface area contributed by atoms with E-state index in [0.29, 0.717) is 12.0 Å². The van der Waals surface area contributed by atoms with Crippen LogP contribution in [0.15, 0.2) is 65.7 Å². The smallest absolute Gasteiger partial charge is 0.316 e. The summed E-state index contributed by atoms with van der Waals surface area (Å²) in [6.07, 6.45) is -4.76. The largest absolute Gasteiger partial charge is 0.442 e. The number of rotatable bonds is 6. The molecule has 0 bridgehead atoms. The first-order valence-electron chi connectivity index (χ1n) is 9.55. The summed E-state index contributed by atoms with van der Waals surface area (Å²) in [5.41, 5.74) is -2.10. The van der Waals surface area contributed by atoms with Gasteiger partial charge in [-0.3, -0.25) is 14.5 Å². The number of amides is 2. The van der Waals surface area contributed by atoms with Gasteiger partial charge in [-0.25, -0.2) is 4.99 Å². The summed E-state index contributed by atoms with van der Waals surface area (Å²) in [5.74, 6) is -3.07. The molecule has 0 aliphatic carbocycles. The molecule has 158 valence electrons. The van der Waals surface area contributed by atoms with Gasteiger partial charge in [-0.2, -0.15) is 13.2 Å². The maximum Gasteiger partial charge on any atom is 0.442 e. The normalized spacial score (nSPS) is 19.2. The van der Waals surface area contributed by atoms with Crippen LogP contribution in [0.3, 0.4) is 0 Å². The van der Waals surface area contributed by atoms with Gasteiger partial charge in [0.15, 0.2) is 0 Å². The summed E-state index contributed by atoms with van der Waals surface area (Å²) in [6, 6.07) is 17.3. The average Bonchev–Trinajstić information content (AvgIpc) is 3.00. The predicted molar refractivity (Wildman–Crippen MR) is 107 cm³/mol. The minimum Gasteiger partial charge on any atom is -0.316 e. The van der Waals surface area contributed by atoms with E-state index in [-0.39, 0.29) is 12.4 Å². The lowest BCUT2D eigenvalue weighted by atomic mass is 10.1. The maximum absolute atomic E-state index is 14.1. The zero-order valence-electron chi connectivity index (χ0n) is 16.6. The number of alkyl halides is 3. The Morgan fingerprint density at radius 3 is 2.17 bits per heavy atom. The van der Waals surface area contributed by atoms with Crippen LogP contribution in [0, 0.1) is 5.92 Å². The maximum atomic E-state index is 14.1. The van der Waals surface area contributed by atoms with E-state index in [4.69, 9.17) is 0 Å². The number of carbonyl (C=O) groups excluding carboxylic acids is 2. The van der Waals surface area contributed by atoms with Crippen molar-refractivity contribution < 1.29 is 22.8 Å². The van der Waals surface area contributed by atoms with Crippen LogP contribution in [0.4, 0.5) is 13.2 Å². The Hall–Kier alpha value is -3.16. The summed E-state index contributed by atoms with van der Waals surface area (Å²) >= 11 is 0. The number of benzene rings is 2. The third kappa shape index (κ3) is 4.08. The minimum atomic E-state index is -5.10. The number of hydrogen-bond donors (Lipinski definition) is 1. The number of aliphatic imine (C=N–C) groups is 1. The third-order valence-corrected chi connectivity index (χ3v) is 4.82. The fourth-order valence-corrected chi connectivity index (χ4v) is 3.12.